The van der Waals surface area contributed by atoms with Crippen LogP contribution in [0.15, 0.2) is 18.2 Å². The Labute approximate surface area is 110 Å². The van der Waals surface area contributed by atoms with Gasteiger partial charge in [-0.15, -0.1) is 11.6 Å². The van der Waals surface area contributed by atoms with Gasteiger partial charge in [0.2, 0.25) is 0 Å². The molecule has 0 unspecified atom stereocenters. The van der Waals surface area contributed by atoms with Gasteiger partial charge in [0.05, 0.1) is 0 Å². The van der Waals surface area contributed by atoms with Gasteiger partial charge in [0.1, 0.15) is 0 Å². The second-order valence-electron chi connectivity index (χ2n) is 4.75. The van der Waals surface area contributed by atoms with Crippen LogP contribution in [0.5, 0.6) is 0 Å². The van der Waals surface area contributed by atoms with Crippen molar-refractivity contribution in [2.45, 2.75) is 18.2 Å². The van der Waals surface area contributed by atoms with Crippen LogP contribution in [0.25, 0.3) is 0 Å². The van der Waals surface area contributed by atoms with Crippen molar-refractivity contribution in [3.05, 3.63) is 35.4 Å². The smallest absolute Gasteiger partial charge is 0.253 e. The van der Waals surface area contributed by atoms with E-state index in [9.17, 15) is 13.6 Å². The first-order valence-corrected chi connectivity index (χ1v) is 6.25. The van der Waals surface area contributed by atoms with Crippen LogP contribution in [0, 0.1) is 17.6 Å². The molecule has 0 spiro atoms. The molecule has 98 valence electrons. The Hall–Kier alpha value is -1.16. The van der Waals surface area contributed by atoms with Crippen LogP contribution in [0.1, 0.15) is 23.2 Å². The van der Waals surface area contributed by atoms with Gasteiger partial charge in [-0.2, -0.15) is 0 Å². The van der Waals surface area contributed by atoms with Crippen LogP contribution in [-0.2, 0) is 0 Å². The average molecular weight is 274 g/mol. The minimum atomic E-state index is -1.00. The van der Waals surface area contributed by atoms with Crippen LogP contribution < -0.4 is 0 Å². The first-order chi connectivity index (χ1) is 8.47. The third kappa shape index (κ3) is 2.80. The minimum absolute atomic E-state index is 0.165. The molecular formula is C13H14ClF2NO. The normalized spacial score (nSPS) is 22.4. The molecule has 0 aliphatic heterocycles. The predicted octanol–water partition coefficient (Wildman–Crippen LogP) is 3.05. The van der Waals surface area contributed by atoms with E-state index >= 15 is 0 Å². The number of alkyl halides is 1. The van der Waals surface area contributed by atoms with E-state index in [2.05, 4.69) is 0 Å². The molecule has 0 heterocycles. The quantitative estimate of drug-likeness (QED) is 0.775. The van der Waals surface area contributed by atoms with E-state index in [4.69, 9.17) is 11.6 Å². The summed E-state index contributed by atoms with van der Waals surface area (Å²) < 4.78 is 25.8. The lowest BCUT2D eigenvalue weighted by Crippen LogP contribution is -2.37. The van der Waals surface area contributed by atoms with Gasteiger partial charge in [-0.25, -0.2) is 8.78 Å². The molecule has 2 rings (SSSR count). The maximum atomic E-state index is 13.0. The number of nitrogens with zero attached hydrogens (tertiary/aromatic N) is 1. The van der Waals surface area contributed by atoms with Gasteiger partial charge in [-0.3, -0.25) is 4.79 Å². The summed E-state index contributed by atoms with van der Waals surface area (Å²) >= 11 is 5.87. The SMILES string of the molecule is CN(CC1CC(Cl)C1)C(=O)c1ccc(F)c(F)c1. The molecule has 1 amide bonds. The Kier molecular flexibility index (Phi) is 3.85. The van der Waals surface area contributed by atoms with E-state index in [0.717, 1.165) is 25.0 Å². The Balaban J connectivity index is 1.99. The van der Waals surface area contributed by atoms with Crippen molar-refractivity contribution in [2.24, 2.45) is 5.92 Å². The minimum Gasteiger partial charge on any atom is -0.341 e. The number of rotatable bonds is 3. The molecule has 1 aliphatic rings. The maximum absolute atomic E-state index is 13.0. The summed E-state index contributed by atoms with van der Waals surface area (Å²) in [6.45, 7) is 0.598. The number of carbonyl (C=O) groups is 1. The van der Waals surface area contributed by atoms with E-state index in [1.165, 1.54) is 11.0 Å². The van der Waals surface area contributed by atoms with Crippen LogP contribution in [0.4, 0.5) is 8.78 Å². The van der Waals surface area contributed by atoms with Gasteiger partial charge in [0.25, 0.3) is 5.91 Å². The molecule has 1 aliphatic carbocycles. The zero-order chi connectivity index (χ0) is 13.3. The standard InChI is InChI=1S/C13H14ClF2NO/c1-17(7-8-4-10(14)5-8)13(18)9-2-3-11(15)12(16)6-9/h2-3,6,8,10H,4-5,7H2,1H3. The van der Waals surface area contributed by atoms with Gasteiger partial charge in [-0.05, 0) is 37.0 Å². The molecule has 2 nitrogen and oxygen atoms in total. The summed E-state index contributed by atoms with van der Waals surface area (Å²) in [7, 11) is 1.66. The first kappa shape index (κ1) is 13.3. The Morgan fingerprint density at radius 1 is 1.39 bits per heavy atom. The molecular weight excluding hydrogens is 260 g/mol. The zero-order valence-electron chi connectivity index (χ0n) is 10.00. The van der Waals surface area contributed by atoms with E-state index in [0.29, 0.717) is 12.5 Å². The molecule has 0 bridgehead atoms. The van der Waals surface area contributed by atoms with Gasteiger partial charge in [0.15, 0.2) is 11.6 Å². The molecule has 1 saturated carbocycles. The first-order valence-electron chi connectivity index (χ1n) is 5.82. The topological polar surface area (TPSA) is 20.3 Å². The average Bonchev–Trinajstić information content (AvgIpc) is 2.29. The van der Waals surface area contributed by atoms with Crippen molar-refractivity contribution in [1.29, 1.82) is 0 Å². The lowest BCUT2D eigenvalue weighted by atomic mass is 9.84. The molecule has 5 heteroatoms. The summed E-state index contributed by atoms with van der Waals surface area (Å²) in [4.78, 5) is 13.5. The fourth-order valence-corrected chi connectivity index (χ4v) is 2.63. The van der Waals surface area contributed by atoms with E-state index in [-0.39, 0.29) is 16.8 Å². The highest BCUT2D eigenvalue weighted by Crippen LogP contribution is 2.32. The van der Waals surface area contributed by atoms with E-state index in [1.807, 2.05) is 0 Å². The zero-order valence-corrected chi connectivity index (χ0v) is 10.8. The number of amides is 1. The fourth-order valence-electron chi connectivity index (χ4n) is 2.12. The molecule has 1 aromatic rings. The molecule has 0 atom stereocenters. The maximum Gasteiger partial charge on any atom is 0.253 e. The summed E-state index contributed by atoms with van der Waals surface area (Å²) in [5, 5.41) is 0.210. The Morgan fingerprint density at radius 3 is 2.61 bits per heavy atom. The number of halogens is 3. The van der Waals surface area contributed by atoms with Crippen LogP contribution in [-0.4, -0.2) is 29.8 Å². The molecule has 0 radical (unpaired) electrons. The van der Waals surface area contributed by atoms with Crippen LogP contribution in [0.3, 0.4) is 0 Å². The monoisotopic (exact) mass is 273 g/mol. The fraction of sp³-hybridized carbons (Fsp3) is 0.462. The molecule has 0 N–H and O–H groups in total. The number of benzene rings is 1. The largest absolute Gasteiger partial charge is 0.341 e. The second-order valence-corrected chi connectivity index (χ2v) is 5.37. The summed E-state index contributed by atoms with van der Waals surface area (Å²) in [6.07, 6.45) is 1.80. The van der Waals surface area contributed by atoms with Crippen molar-refractivity contribution in [3.8, 4) is 0 Å². The van der Waals surface area contributed by atoms with Gasteiger partial charge < -0.3 is 4.90 Å². The predicted molar refractivity (Wildman–Crippen MR) is 65.7 cm³/mol. The third-order valence-electron chi connectivity index (χ3n) is 3.22. The summed E-state index contributed by atoms with van der Waals surface area (Å²) in [5.74, 6) is -1.84. The summed E-state index contributed by atoms with van der Waals surface area (Å²) in [6, 6.07) is 3.19. The lowest BCUT2D eigenvalue weighted by molar-refractivity contribution is 0.0746. The van der Waals surface area contributed by atoms with Crippen molar-refractivity contribution in [1.82, 2.24) is 4.90 Å². The van der Waals surface area contributed by atoms with Crippen molar-refractivity contribution < 1.29 is 13.6 Å². The number of hydrogen-bond acceptors (Lipinski definition) is 1. The number of carbonyl (C=O) groups excluding carboxylic acids is 1. The highest BCUT2D eigenvalue weighted by Gasteiger charge is 2.29. The molecule has 0 saturated heterocycles. The molecule has 1 fully saturated rings. The second kappa shape index (κ2) is 5.22. The van der Waals surface area contributed by atoms with Crippen molar-refractivity contribution in [3.63, 3.8) is 0 Å². The van der Waals surface area contributed by atoms with Crippen molar-refractivity contribution in [2.75, 3.05) is 13.6 Å². The Morgan fingerprint density at radius 2 is 2.06 bits per heavy atom. The van der Waals surface area contributed by atoms with Crippen molar-refractivity contribution >= 4 is 17.5 Å². The van der Waals surface area contributed by atoms with Crippen LogP contribution in [0.2, 0.25) is 0 Å². The number of hydrogen-bond donors (Lipinski definition) is 0. The van der Waals surface area contributed by atoms with E-state index < -0.39 is 11.6 Å². The molecule has 0 aromatic heterocycles. The van der Waals surface area contributed by atoms with Gasteiger partial charge in [-0.1, -0.05) is 0 Å². The third-order valence-corrected chi connectivity index (χ3v) is 3.58. The highest BCUT2D eigenvalue weighted by molar-refractivity contribution is 6.21. The Bertz CT molecular complexity index is 460. The highest BCUT2D eigenvalue weighted by atomic mass is 35.5. The van der Waals surface area contributed by atoms with Gasteiger partial charge >= 0.3 is 0 Å². The van der Waals surface area contributed by atoms with Crippen LogP contribution >= 0.6 is 11.6 Å². The van der Waals surface area contributed by atoms with E-state index in [1.54, 1.807) is 7.05 Å². The molecule has 1 aromatic carbocycles. The summed E-state index contributed by atoms with van der Waals surface area (Å²) in [5.41, 5.74) is 0.165. The van der Waals surface area contributed by atoms with Gasteiger partial charge in [0, 0.05) is 24.5 Å². The lowest BCUT2D eigenvalue weighted by Gasteiger charge is -2.34. The molecule has 18 heavy (non-hydrogen) atoms.